The number of anilines is 1. The van der Waals surface area contributed by atoms with Crippen molar-refractivity contribution < 1.29 is 0 Å². The van der Waals surface area contributed by atoms with E-state index in [1.54, 1.807) is 0 Å². The van der Waals surface area contributed by atoms with Gasteiger partial charge in [0.15, 0.2) is 0 Å². The van der Waals surface area contributed by atoms with Crippen LogP contribution >= 0.6 is 0 Å². The normalized spacial score (nSPS) is 21.1. The van der Waals surface area contributed by atoms with Crippen LogP contribution in [-0.4, -0.2) is 17.6 Å². The van der Waals surface area contributed by atoms with Crippen molar-refractivity contribution in [3.63, 3.8) is 0 Å². The van der Waals surface area contributed by atoms with E-state index in [2.05, 4.69) is 28.9 Å². The van der Waals surface area contributed by atoms with E-state index in [1.807, 2.05) is 6.20 Å². The van der Waals surface area contributed by atoms with Crippen LogP contribution in [0.15, 0.2) is 18.3 Å². The van der Waals surface area contributed by atoms with Crippen molar-refractivity contribution >= 4 is 5.69 Å². The van der Waals surface area contributed by atoms with Crippen LogP contribution in [0.3, 0.4) is 0 Å². The van der Waals surface area contributed by atoms with Gasteiger partial charge in [-0.3, -0.25) is 4.98 Å². The van der Waals surface area contributed by atoms with Crippen molar-refractivity contribution in [1.82, 2.24) is 4.98 Å². The first-order valence-electron chi connectivity index (χ1n) is 6.26. The first-order chi connectivity index (χ1) is 7.85. The minimum absolute atomic E-state index is 0.526. The topological polar surface area (TPSA) is 42.2 Å². The van der Waals surface area contributed by atoms with Crippen molar-refractivity contribution in [1.29, 1.82) is 0 Å². The Hall–Kier alpha value is -1.09. The fraction of sp³-hybridized carbons (Fsp3) is 0.615. The molecule has 0 aliphatic carbocycles. The summed E-state index contributed by atoms with van der Waals surface area (Å²) in [4.78, 5) is 6.77. The van der Waals surface area contributed by atoms with Gasteiger partial charge in [0.1, 0.15) is 0 Å². The number of rotatable bonds is 3. The van der Waals surface area contributed by atoms with Gasteiger partial charge in [0.05, 0.1) is 5.69 Å². The molecule has 0 aromatic carbocycles. The number of hydrogen-bond acceptors (Lipinski definition) is 3. The van der Waals surface area contributed by atoms with Gasteiger partial charge >= 0.3 is 0 Å². The van der Waals surface area contributed by atoms with Gasteiger partial charge in [0.25, 0.3) is 0 Å². The van der Waals surface area contributed by atoms with Crippen molar-refractivity contribution in [2.45, 2.75) is 45.2 Å². The smallest absolute Gasteiger partial charge is 0.0560 e. The molecule has 1 aromatic rings. The average Bonchev–Trinajstić information content (AvgIpc) is 2.38. The molecule has 88 valence electrons. The molecule has 0 saturated carbocycles. The maximum Gasteiger partial charge on any atom is 0.0560 e. The molecule has 1 aromatic heterocycles. The quantitative estimate of drug-likeness (QED) is 0.848. The Kier molecular flexibility index (Phi) is 3.78. The van der Waals surface area contributed by atoms with Gasteiger partial charge in [-0.2, -0.15) is 0 Å². The van der Waals surface area contributed by atoms with E-state index in [-0.39, 0.29) is 0 Å². The van der Waals surface area contributed by atoms with Gasteiger partial charge in [-0.05, 0) is 37.8 Å². The lowest BCUT2D eigenvalue weighted by atomic mass is 9.99. The molecule has 1 aliphatic rings. The van der Waals surface area contributed by atoms with E-state index in [1.165, 1.54) is 37.9 Å². The average molecular weight is 219 g/mol. The molecular weight excluding hydrogens is 198 g/mol. The maximum atomic E-state index is 5.63. The van der Waals surface area contributed by atoms with Crippen LogP contribution in [0.2, 0.25) is 0 Å². The molecule has 16 heavy (non-hydrogen) atoms. The second-order valence-corrected chi connectivity index (χ2v) is 4.46. The number of nitrogens with zero attached hydrogens (tertiary/aromatic N) is 2. The Morgan fingerprint density at radius 2 is 2.38 bits per heavy atom. The number of aromatic nitrogens is 1. The summed E-state index contributed by atoms with van der Waals surface area (Å²) in [7, 11) is 0. The lowest BCUT2D eigenvalue weighted by Crippen LogP contribution is -2.39. The Morgan fingerprint density at radius 1 is 1.50 bits per heavy atom. The second-order valence-electron chi connectivity index (χ2n) is 4.46. The van der Waals surface area contributed by atoms with Crippen LogP contribution in [0, 0.1) is 0 Å². The highest BCUT2D eigenvalue weighted by Crippen LogP contribution is 2.26. The zero-order valence-electron chi connectivity index (χ0n) is 10.0. The van der Waals surface area contributed by atoms with Gasteiger partial charge in [0, 0.05) is 31.0 Å². The van der Waals surface area contributed by atoms with Crippen LogP contribution in [0.25, 0.3) is 0 Å². The van der Waals surface area contributed by atoms with E-state index < -0.39 is 0 Å². The third-order valence-corrected chi connectivity index (χ3v) is 3.44. The lowest BCUT2D eigenvalue weighted by Gasteiger charge is -2.37. The van der Waals surface area contributed by atoms with Gasteiger partial charge < -0.3 is 10.6 Å². The Balaban J connectivity index is 2.20. The third-order valence-electron chi connectivity index (χ3n) is 3.44. The molecule has 2 rings (SSSR count). The molecule has 1 atom stereocenters. The zero-order chi connectivity index (χ0) is 11.4. The molecule has 0 amide bonds. The van der Waals surface area contributed by atoms with E-state index >= 15 is 0 Å². The minimum Gasteiger partial charge on any atom is -0.368 e. The first-order valence-corrected chi connectivity index (χ1v) is 6.26. The number of hydrogen-bond donors (Lipinski definition) is 1. The summed E-state index contributed by atoms with van der Waals surface area (Å²) in [6, 6.07) is 4.93. The minimum atomic E-state index is 0.526. The lowest BCUT2D eigenvalue weighted by molar-refractivity contribution is 0.450. The van der Waals surface area contributed by atoms with E-state index in [4.69, 9.17) is 5.73 Å². The number of pyridine rings is 1. The Morgan fingerprint density at radius 3 is 3.12 bits per heavy atom. The van der Waals surface area contributed by atoms with Crippen LogP contribution in [0.1, 0.15) is 38.3 Å². The molecule has 2 N–H and O–H groups in total. The molecule has 1 fully saturated rings. The molecule has 0 bridgehead atoms. The molecule has 0 spiro atoms. The van der Waals surface area contributed by atoms with Crippen molar-refractivity contribution in [3.05, 3.63) is 24.0 Å². The van der Waals surface area contributed by atoms with Crippen LogP contribution in [-0.2, 0) is 6.54 Å². The van der Waals surface area contributed by atoms with E-state index in [9.17, 15) is 0 Å². The Bertz CT molecular complexity index is 338. The molecule has 2 heterocycles. The monoisotopic (exact) mass is 219 g/mol. The summed E-state index contributed by atoms with van der Waals surface area (Å²) >= 11 is 0. The molecule has 3 heteroatoms. The molecule has 1 saturated heterocycles. The highest BCUT2D eigenvalue weighted by atomic mass is 15.2. The van der Waals surface area contributed by atoms with Gasteiger partial charge in [-0.1, -0.05) is 6.92 Å². The molecular formula is C13H21N3. The van der Waals surface area contributed by atoms with Crippen LogP contribution in [0.5, 0.6) is 0 Å². The summed E-state index contributed by atoms with van der Waals surface area (Å²) in [5.41, 5.74) is 7.91. The summed E-state index contributed by atoms with van der Waals surface area (Å²) in [6.45, 7) is 3.97. The predicted octanol–water partition coefficient (Wildman–Crippen LogP) is 2.31. The highest BCUT2D eigenvalue weighted by molar-refractivity contribution is 5.48. The predicted molar refractivity (Wildman–Crippen MR) is 67.4 cm³/mol. The fourth-order valence-corrected chi connectivity index (χ4v) is 2.52. The summed E-state index contributed by atoms with van der Waals surface area (Å²) < 4.78 is 0. The summed E-state index contributed by atoms with van der Waals surface area (Å²) in [5.74, 6) is 0. The summed E-state index contributed by atoms with van der Waals surface area (Å²) in [5, 5.41) is 0. The molecule has 1 aliphatic heterocycles. The third kappa shape index (κ3) is 2.35. The highest BCUT2D eigenvalue weighted by Gasteiger charge is 2.20. The van der Waals surface area contributed by atoms with Gasteiger partial charge in [0.2, 0.25) is 0 Å². The van der Waals surface area contributed by atoms with Crippen LogP contribution < -0.4 is 10.6 Å². The second kappa shape index (κ2) is 5.30. The van der Waals surface area contributed by atoms with Crippen molar-refractivity contribution in [2.75, 3.05) is 11.4 Å². The first kappa shape index (κ1) is 11.4. The van der Waals surface area contributed by atoms with Crippen molar-refractivity contribution in [2.24, 2.45) is 5.73 Å². The molecule has 1 unspecified atom stereocenters. The molecule has 3 nitrogen and oxygen atoms in total. The van der Waals surface area contributed by atoms with Gasteiger partial charge in [-0.25, -0.2) is 0 Å². The zero-order valence-corrected chi connectivity index (χ0v) is 10.0. The maximum absolute atomic E-state index is 5.63. The van der Waals surface area contributed by atoms with Crippen LogP contribution in [0.4, 0.5) is 5.69 Å². The largest absolute Gasteiger partial charge is 0.368 e. The van der Waals surface area contributed by atoms with Crippen molar-refractivity contribution in [3.8, 4) is 0 Å². The van der Waals surface area contributed by atoms with E-state index in [0.717, 1.165) is 5.69 Å². The Labute approximate surface area is 97.7 Å². The molecule has 0 radical (unpaired) electrons. The SMILES string of the molecule is CCC1CCCCN1c1ccnc(CN)c1. The fourth-order valence-electron chi connectivity index (χ4n) is 2.52. The number of piperidine rings is 1. The van der Waals surface area contributed by atoms with E-state index in [0.29, 0.717) is 12.6 Å². The number of nitrogens with two attached hydrogens (primary N) is 1. The standard InChI is InChI=1S/C13H21N3/c1-2-12-5-3-4-8-16(12)13-6-7-15-11(9-13)10-14/h6-7,9,12H,2-5,8,10,14H2,1H3. The summed E-state index contributed by atoms with van der Waals surface area (Å²) in [6.07, 6.45) is 7.08. The van der Waals surface area contributed by atoms with Gasteiger partial charge in [-0.15, -0.1) is 0 Å².